The van der Waals surface area contributed by atoms with Crippen molar-refractivity contribution in [3.63, 3.8) is 0 Å². The second-order valence-corrected chi connectivity index (χ2v) is 7.46. The van der Waals surface area contributed by atoms with Gasteiger partial charge in [0.05, 0.1) is 6.61 Å². The van der Waals surface area contributed by atoms with Crippen molar-refractivity contribution >= 4 is 5.91 Å². The maximum absolute atomic E-state index is 12.8. The molecule has 2 aromatic rings. The quantitative estimate of drug-likeness (QED) is 0.551. The van der Waals surface area contributed by atoms with Crippen LogP contribution in [0.2, 0.25) is 0 Å². The molecule has 2 aromatic carbocycles. The Hall–Kier alpha value is -2.83. The summed E-state index contributed by atoms with van der Waals surface area (Å²) in [6.45, 7) is 3.42. The first-order chi connectivity index (χ1) is 14.4. The molecule has 0 aromatic heterocycles. The Bertz CT molecular complexity index is 863. The van der Waals surface area contributed by atoms with Gasteiger partial charge in [-0.1, -0.05) is 12.1 Å². The third-order valence-corrected chi connectivity index (χ3v) is 4.74. The Kier molecular flexibility index (Phi) is 7.13. The van der Waals surface area contributed by atoms with Gasteiger partial charge in [-0.05, 0) is 74.6 Å². The van der Waals surface area contributed by atoms with Gasteiger partial charge in [-0.25, -0.2) is 0 Å². The molecular formula is C23H27F2NO4. The van der Waals surface area contributed by atoms with Gasteiger partial charge in [0.1, 0.15) is 5.75 Å². The van der Waals surface area contributed by atoms with E-state index in [4.69, 9.17) is 9.47 Å². The monoisotopic (exact) mass is 419 g/mol. The van der Waals surface area contributed by atoms with Crippen molar-refractivity contribution in [1.29, 1.82) is 0 Å². The number of amides is 1. The Morgan fingerprint density at radius 1 is 1.07 bits per heavy atom. The van der Waals surface area contributed by atoms with Crippen molar-refractivity contribution in [3.05, 3.63) is 53.1 Å². The second-order valence-electron chi connectivity index (χ2n) is 7.46. The minimum atomic E-state index is -2.93. The lowest BCUT2D eigenvalue weighted by Crippen LogP contribution is -2.36. The molecule has 1 aliphatic carbocycles. The fourth-order valence-electron chi connectivity index (χ4n) is 3.36. The van der Waals surface area contributed by atoms with Gasteiger partial charge in [0.2, 0.25) is 0 Å². The van der Waals surface area contributed by atoms with Gasteiger partial charge in [0.15, 0.2) is 18.1 Å². The molecule has 1 aliphatic rings. The number of ether oxygens (including phenoxy) is 3. The Morgan fingerprint density at radius 2 is 1.77 bits per heavy atom. The van der Waals surface area contributed by atoms with Crippen molar-refractivity contribution in [2.75, 3.05) is 13.2 Å². The van der Waals surface area contributed by atoms with E-state index in [2.05, 4.69) is 4.74 Å². The smallest absolute Gasteiger partial charge is 0.387 e. The van der Waals surface area contributed by atoms with Gasteiger partial charge in [0, 0.05) is 12.6 Å². The van der Waals surface area contributed by atoms with Crippen LogP contribution in [0.25, 0.3) is 0 Å². The highest BCUT2D eigenvalue weighted by Gasteiger charge is 2.33. The van der Waals surface area contributed by atoms with Crippen LogP contribution in [0.4, 0.5) is 8.78 Å². The van der Waals surface area contributed by atoms with E-state index in [9.17, 15) is 13.6 Å². The minimum Gasteiger partial charge on any atom is -0.490 e. The second kappa shape index (κ2) is 9.78. The van der Waals surface area contributed by atoms with Crippen LogP contribution in [0.3, 0.4) is 0 Å². The summed E-state index contributed by atoms with van der Waals surface area (Å²) in [5.74, 6) is 0.786. The molecule has 162 valence electrons. The average Bonchev–Trinajstić information content (AvgIpc) is 3.50. The van der Waals surface area contributed by atoms with Gasteiger partial charge < -0.3 is 19.1 Å². The Morgan fingerprint density at radius 3 is 2.37 bits per heavy atom. The van der Waals surface area contributed by atoms with Crippen molar-refractivity contribution in [3.8, 4) is 17.2 Å². The maximum Gasteiger partial charge on any atom is 0.387 e. The molecule has 0 aliphatic heterocycles. The van der Waals surface area contributed by atoms with Gasteiger partial charge >= 0.3 is 6.61 Å². The minimum absolute atomic E-state index is 0.0157. The van der Waals surface area contributed by atoms with Crippen LogP contribution < -0.4 is 14.2 Å². The number of rotatable bonds is 10. The van der Waals surface area contributed by atoms with Crippen LogP contribution in [0.1, 0.15) is 36.5 Å². The Labute approximate surface area is 175 Å². The van der Waals surface area contributed by atoms with E-state index in [1.807, 2.05) is 32.0 Å². The fraction of sp³-hybridized carbons (Fsp3) is 0.435. The molecule has 30 heavy (non-hydrogen) atoms. The molecule has 0 unspecified atom stereocenters. The molecular weight excluding hydrogens is 392 g/mol. The van der Waals surface area contributed by atoms with E-state index in [-0.39, 0.29) is 30.1 Å². The number of hydrogen-bond acceptors (Lipinski definition) is 4. The molecule has 0 N–H and O–H groups in total. The highest BCUT2D eigenvalue weighted by atomic mass is 19.3. The predicted molar refractivity (Wildman–Crippen MR) is 109 cm³/mol. The van der Waals surface area contributed by atoms with Crippen molar-refractivity contribution in [1.82, 2.24) is 4.90 Å². The molecule has 0 bridgehead atoms. The van der Waals surface area contributed by atoms with Crippen LogP contribution in [0.15, 0.2) is 36.4 Å². The van der Waals surface area contributed by atoms with E-state index in [0.717, 1.165) is 29.5 Å². The lowest BCUT2D eigenvalue weighted by Gasteiger charge is -2.23. The third kappa shape index (κ3) is 6.08. The highest BCUT2D eigenvalue weighted by Crippen LogP contribution is 2.33. The first kappa shape index (κ1) is 21.9. The normalized spacial score (nSPS) is 13.3. The number of nitrogens with zero attached hydrogens (tertiary/aromatic N) is 1. The number of alkyl halides is 2. The van der Waals surface area contributed by atoms with Crippen molar-refractivity contribution in [2.24, 2.45) is 0 Å². The van der Waals surface area contributed by atoms with Crippen LogP contribution in [0.5, 0.6) is 17.2 Å². The third-order valence-electron chi connectivity index (χ3n) is 4.74. The summed E-state index contributed by atoms with van der Waals surface area (Å²) in [5, 5.41) is 0. The number of carbonyl (C=O) groups excluding carboxylic acids is 1. The zero-order chi connectivity index (χ0) is 21.7. The van der Waals surface area contributed by atoms with Crippen molar-refractivity contribution in [2.45, 2.75) is 52.8 Å². The molecule has 0 heterocycles. The maximum atomic E-state index is 12.8. The van der Waals surface area contributed by atoms with Gasteiger partial charge in [-0.15, -0.1) is 0 Å². The molecule has 5 nitrogen and oxygen atoms in total. The van der Waals surface area contributed by atoms with Crippen molar-refractivity contribution < 1.29 is 27.8 Å². The first-order valence-corrected chi connectivity index (χ1v) is 10.1. The summed E-state index contributed by atoms with van der Waals surface area (Å²) in [4.78, 5) is 14.6. The molecule has 1 amide bonds. The Balaban J connectivity index is 1.69. The standard InChI is InChI=1S/C23H27F2NO4/c1-4-28-21-12-17(5-8-20(21)30-23(24)25)13-26(18-6-7-18)22(27)14-29-19-10-15(2)9-16(3)11-19/h5,8-12,18,23H,4,6-7,13-14H2,1-3H3. The number of hydrogen-bond donors (Lipinski definition) is 0. The van der Waals surface area contributed by atoms with E-state index < -0.39 is 6.61 Å². The van der Waals surface area contributed by atoms with E-state index in [1.54, 1.807) is 24.0 Å². The van der Waals surface area contributed by atoms with Crippen LogP contribution >= 0.6 is 0 Å². The van der Waals surface area contributed by atoms with E-state index in [0.29, 0.717) is 18.9 Å². The topological polar surface area (TPSA) is 48.0 Å². The summed E-state index contributed by atoms with van der Waals surface area (Å²) in [6, 6.07) is 10.8. The summed E-state index contributed by atoms with van der Waals surface area (Å²) < 4.78 is 40.9. The molecule has 7 heteroatoms. The van der Waals surface area contributed by atoms with Crippen LogP contribution in [-0.4, -0.2) is 36.7 Å². The largest absolute Gasteiger partial charge is 0.490 e. The number of aryl methyl sites for hydroxylation is 2. The fourth-order valence-corrected chi connectivity index (χ4v) is 3.36. The average molecular weight is 419 g/mol. The SMILES string of the molecule is CCOc1cc(CN(C(=O)COc2cc(C)cc(C)c2)C2CC2)ccc1OC(F)F. The van der Waals surface area contributed by atoms with Gasteiger partial charge in [-0.3, -0.25) is 4.79 Å². The van der Waals surface area contributed by atoms with Gasteiger partial charge in [0.25, 0.3) is 5.91 Å². The summed E-state index contributed by atoms with van der Waals surface area (Å²) in [5.41, 5.74) is 2.93. The molecule has 0 atom stereocenters. The molecule has 0 spiro atoms. The van der Waals surface area contributed by atoms with Crippen LogP contribution in [-0.2, 0) is 11.3 Å². The van der Waals surface area contributed by atoms with E-state index >= 15 is 0 Å². The lowest BCUT2D eigenvalue weighted by atomic mass is 10.1. The van der Waals surface area contributed by atoms with E-state index in [1.165, 1.54) is 6.07 Å². The highest BCUT2D eigenvalue weighted by molar-refractivity contribution is 5.78. The molecule has 0 saturated heterocycles. The number of halogens is 2. The number of carbonyl (C=O) groups is 1. The summed E-state index contributed by atoms with van der Waals surface area (Å²) in [7, 11) is 0. The molecule has 1 saturated carbocycles. The molecule has 0 radical (unpaired) electrons. The summed E-state index contributed by atoms with van der Waals surface area (Å²) in [6.07, 6.45) is 1.89. The van der Waals surface area contributed by atoms with Crippen LogP contribution in [0, 0.1) is 13.8 Å². The molecule has 1 fully saturated rings. The van der Waals surface area contributed by atoms with Gasteiger partial charge in [-0.2, -0.15) is 8.78 Å². The number of benzene rings is 2. The lowest BCUT2D eigenvalue weighted by molar-refractivity contribution is -0.134. The molecule has 3 rings (SSSR count). The zero-order valence-electron chi connectivity index (χ0n) is 17.5. The zero-order valence-corrected chi connectivity index (χ0v) is 17.5. The predicted octanol–water partition coefficient (Wildman–Crippen LogP) is 4.87. The summed E-state index contributed by atoms with van der Waals surface area (Å²) >= 11 is 0. The first-order valence-electron chi connectivity index (χ1n) is 10.1.